The highest BCUT2D eigenvalue weighted by atomic mass is 28.3. The molecule has 1 spiro atoms. The van der Waals surface area contributed by atoms with Crippen molar-refractivity contribution in [2.24, 2.45) is 5.92 Å². The van der Waals surface area contributed by atoms with Gasteiger partial charge in [0.15, 0.2) is 5.60 Å². The van der Waals surface area contributed by atoms with Gasteiger partial charge in [-0.05, 0) is 72.1 Å². The third kappa shape index (κ3) is 5.38. The van der Waals surface area contributed by atoms with E-state index in [0.29, 0.717) is 29.9 Å². The van der Waals surface area contributed by atoms with Gasteiger partial charge in [-0.3, -0.25) is 9.59 Å². The molecule has 4 atom stereocenters. The van der Waals surface area contributed by atoms with E-state index >= 15 is 0 Å². The first-order valence-corrected chi connectivity index (χ1v) is 18.8. The van der Waals surface area contributed by atoms with Crippen molar-refractivity contribution in [1.82, 2.24) is 0 Å². The summed E-state index contributed by atoms with van der Waals surface area (Å²) in [5, 5.41) is 14.3. The number of hydrogen-bond acceptors (Lipinski definition) is 6. The molecule has 238 valence electrons. The number of nitrogens with one attached hydrogen (secondary N) is 1. The van der Waals surface area contributed by atoms with E-state index in [9.17, 15) is 14.7 Å². The molecular weight excluding hydrogens is 595 g/mol. The molecule has 8 nitrogen and oxygen atoms in total. The molecule has 0 bridgehead atoms. The molecule has 0 saturated carbocycles. The van der Waals surface area contributed by atoms with Gasteiger partial charge in [0.1, 0.15) is 5.75 Å². The molecule has 4 aromatic carbocycles. The van der Waals surface area contributed by atoms with Crippen LogP contribution >= 0.6 is 0 Å². The van der Waals surface area contributed by atoms with Gasteiger partial charge in [0.25, 0.3) is 11.8 Å². The van der Waals surface area contributed by atoms with Crippen LogP contribution in [0.25, 0.3) is 0 Å². The number of aliphatic hydroxyl groups excluding tert-OH is 1. The lowest BCUT2D eigenvalue weighted by Crippen LogP contribution is -2.51. The monoisotopic (exact) mass is 635 g/mol. The predicted octanol–water partition coefficient (Wildman–Crippen LogP) is 5.67. The maximum absolute atomic E-state index is 14.8. The van der Waals surface area contributed by atoms with Crippen LogP contribution in [0.4, 0.5) is 17.1 Å². The molecule has 2 aliphatic rings. The van der Waals surface area contributed by atoms with Crippen molar-refractivity contribution in [2.45, 2.75) is 50.2 Å². The summed E-state index contributed by atoms with van der Waals surface area (Å²) in [4.78, 5) is 29.5. The number of amides is 2. The van der Waals surface area contributed by atoms with Crippen LogP contribution in [0, 0.1) is 5.92 Å². The molecule has 4 N–H and O–H groups in total. The quantitative estimate of drug-likeness (QED) is 0.161. The van der Waals surface area contributed by atoms with E-state index in [1.165, 1.54) is 5.19 Å². The topological polar surface area (TPSA) is 114 Å². The minimum atomic E-state index is -2.25. The van der Waals surface area contributed by atoms with Gasteiger partial charge in [-0.25, -0.2) is 0 Å². The molecular formula is C37H41N3O5Si. The fourth-order valence-electron chi connectivity index (χ4n) is 7.59. The molecule has 0 unspecified atom stereocenters. The third-order valence-corrected chi connectivity index (χ3v) is 14.2. The largest absolute Gasteiger partial charge is 0.497 e. The summed E-state index contributed by atoms with van der Waals surface area (Å²) >= 11 is 0. The second-order valence-electron chi connectivity index (χ2n) is 12.9. The molecule has 1 fully saturated rings. The van der Waals surface area contributed by atoms with Gasteiger partial charge >= 0.3 is 0 Å². The summed E-state index contributed by atoms with van der Waals surface area (Å²) < 4.78 is 12.4. The van der Waals surface area contributed by atoms with E-state index in [4.69, 9.17) is 15.2 Å². The number of fused-ring (bicyclic) bond motifs is 2. The lowest BCUT2D eigenvalue weighted by atomic mass is 9.82. The van der Waals surface area contributed by atoms with Crippen LogP contribution in [0.15, 0.2) is 97.1 Å². The van der Waals surface area contributed by atoms with Gasteiger partial charge in [0, 0.05) is 35.0 Å². The van der Waals surface area contributed by atoms with E-state index in [0.717, 1.165) is 22.6 Å². The number of carbonyl (C=O) groups is 2. The molecule has 0 aliphatic carbocycles. The van der Waals surface area contributed by atoms with Gasteiger partial charge in [-0.15, -0.1) is 0 Å². The Morgan fingerprint density at radius 1 is 1.02 bits per heavy atom. The highest BCUT2D eigenvalue weighted by Gasteiger charge is 2.66. The first-order chi connectivity index (χ1) is 22.1. The standard InChI is InChI=1S/C37H41N3O5Si/c1-24-34(46(3,4)30-18-16-29(44-2)17-19-30)33(20-21-41)45-37(24)31-10-5-6-11-32(31)40(36(37)43)23-25-8-7-9-28(22-25)39-35(42)26-12-14-27(38)15-13-26/h5-19,22,24,33-34,41H,20-21,23,38H2,1-4H3,(H,39,42)/t24-,33+,34-,37+/m0/s1. The number of aliphatic hydroxyl groups is 1. The Balaban J connectivity index is 1.31. The van der Waals surface area contributed by atoms with E-state index < -0.39 is 13.7 Å². The van der Waals surface area contributed by atoms with Gasteiger partial charge in [0.2, 0.25) is 0 Å². The molecule has 6 rings (SSSR count). The summed E-state index contributed by atoms with van der Waals surface area (Å²) in [5.41, 5.74) is 8.96. The lowest BCUT2D eigenvalue weighted by molar-refractivity contribution is -0.146. The molecule has 0 aromatic heterocycles. The summed E-state index contributed by atoms with van der Waals surface area (Å²) in [7, 11) is -0.589. The molecule has 9 heteroatoms. The van der Waals surface area contributed by atoms with Crippen molar-refractivity contribution in [3.8, 4) is 5.75 Å². The number of hydrogen-bond donors (Lipinski definition) is 3. The highest BCUT2D eigenvalue weighted by Crippen LogP contribution is 2.60. The number of carbonyl (C=O) groups excluding carboxylic acids is 2. The van der Waals surface area contributed by atoms with Crippen LogP contribution in [0.3, 0.4) is 0 Å². The van der Waals surface area contributed by atoms with E-state index in [1.54, 1.807) is 31.4 Å². The van der Waals surface area contributed by atoms with Crippen LogP contribution in [0.1, 0.15) is 34.8 Å². The average molecular weight is 636 g/mol. The Bertz CT molecular complexity index is 1740. The van der Waals surface area contributed by atoms with Crippen molar-refractivity contribution in [2.75, 3.05) is 29.7 Å². The van der Waals surface area contributed by atoms with Crippen molar-refractivity contribution in [3.05, 3.63) is 114 Å². The van der Waals surface area contributed by atoms with E-state index in [2.05, 4.69) is 37.5 Å². The van der Waals surface area contributed by atoms with Crippen molar-refractivity contribution < 1.29 is 24.2 Å². The smallest absolute Gasteiger partial charge is 0.264 e. The van der Waals surface area contributed by atoms with E-state index in [-0.39, 0.29) is 36.0 Å². The van der Waals surface area contributed by atoms with Crippen LogP contribution in [-0.2, 0) is 21.7 Å². The second kappa shape index (κ2) is 12.4. The third-order valence-electron chi connectivity index (χ3n) is 9.85. The highest BCUT2D eigenvalue weighted by molar-refractivity contribution is 6.91. The summed E-state index contributed by atoms with van der Waals surface area (Å²) in [6, 6.07) is 30.5. The number of nitrogens with zero attached hydrogens (tertiary/aromatic N) is 1. The van der Waals surface area contributed by atoms with Crippen molar-refractivity contribution in [1.29, 1.82) is 0 Å². The maximum Gasteiger partial charge on any atom is 0.264 e. The number of nitrogens with two attached hydrogens (primary N) is 1. The number of rotatable bonds is 9. The lowest BCUT2D eigenvalue weighted by Gasteiger charge is -2.37. The fraction of sp³-hybridized carbons (Fsp3) is 0.297. The predicted molar refractivity (Wildman–Crippen MR) is 184 cm³/mol. The van der Waals surface area contributed by atoms with Gasteiger partial charge < -0.3 is 30.5 Å². The summed E-state index contributed by atoms with van der Waals surface area (Å²) in [6.07, 6.45) is 0.168. The zero-order valence-corrected chi connectivity index (χ0v) is 27.7. The molecule has 2 heterocycles. The van der Waals surface area contributed by atoms with Gasteiger partial charge in [-0.1, -0.05) is 67.7 Å². The molecule has 4 aromatic rings. The van der Waals surface area contributed by atoms with Crippen molar-refractivity contribution >= 4 is 42.1 Å². The molecule has 46 heavy (non-hydrogen) atoms. The van der Waals surface area contributed by atoms with Crippen LogP contribution in [-0.4, -0.2) is 44.8 Å². The number of nitrogen functional groups attached to an aromatic ring is 1. The minimum Gasteiger partial charge on any atom is -0.497 e. The van der Waals surface area contributed by atoms with Gasteiger partial charge in [0.05, 0.1) is 33.5 Å². The van der Waals surface area contributed by atoms with Crippen molar-refractivity contribution in [3.63, 3.8) is 0 Å². The second-order valence-corrected chi connectivity index (χ2v) is 17.5. The Kier molecular flexibility index (Phi) is 8.50. The van der Waals surface area contributed by atoms with Gasteiger partial charge in [-0.2, -0.15) is 0 Å². The number of ether oxygens (including phenoxy) is 2. The number of methoxy groups -OCH3 is 1. The number of benzene rings is 4. The zero-order chi connectivity index (χ0) is 32.6. The molecule has 1 saturated heterocycles. The molecule has 2 amide bonds. The number of para-hydroxylation sites is 1. The van der Waals surface area contributed by atoms with E-state index in [1.807, 2.05) is 65.6 Å². The summed E-state index contributed by atoms with van der Waals surface area (Å²) in [6.45, 7) is 7.09. The van der Waals surface area contributed by atoms with Crippen LogP contribution < -0.4 is 25.9 Å². The fourth-order valence-corrected chi connectivity index (χ4v) is 11.6. The normalized spacial score (nSPS) is 22.2. The SMILES string of the molecule is COc1ccc([Si](C)(C)[C@@H]2[C@@H](CCO)O[C@]3(C(=O)N(Cc4cccc(NC(=O)c5ccc(N)cc5)c4)c4ccccc43)[C@H]2C)cc1. The Hall–Kier alpha value is -4.44. The Labute approximate surface area is 271 Å². The van der Waals surface area contributed by atoms with Crippen LogP contribution in [0.5, 0.6) is 5.75 Å². The minimum absolute atomic E-state index is 0.0223. The first kappa shape index (κ1) is 31.5. The summed E-state index contributed by atoms with van der Waals surface area (Å²) in [5.74, 6) is 0.327. The molecule has 0 radical (unpaired) electrons. The maximum atomic E-state index is 14.8. The molecule has 2 aliphatic heterocycles. The van der Waals surface area contributed by atoms with Crippen LogP contribution in [0.2, 0.25) is 18.6 Å². The number of anilines is 3. The average Bonchev–Trinajstić information content (AvgIpc) is 3.48. The zero-order valence-electron chi connectivity index (χ0n) is 26.7. The Morgan fingerprint density at radius 3 is 2.43 bits per heavy atom. The Morgan fingerprint density at radius 2 is 1.74 bits per heavy atom. The first-order valence-electron chi connectivity index (χ1n) is 15.7.